The van der Waals surface area contributed by atoms with Gasteiger partial charge in [-0.3, -0.25) is 9.69 Å². The third kappa shape index (κ3) is 5.80. The Hall–Kier alpha value is -2.73. The van der Waals surface area contributed by atoms with Crippen molar-refractivity contribution in [3.05, 3.63) is 58.0 Å². The number of carbonyl (C=O) groups is 1. The van der Waals surface area contributed by atoms with Crippen LogP contribution in [-0.2, 0) is 4.79 Å². The molecule has 1 aliphatic heterocycles. The molecular weight excluding hydrogens is 430 g/mol. The van der Waals surface area contributed by atoms with E-state index >= 15 is 0 Å². The zero-order chi connectivity index (χ0) is 24.3. The Morgan fingerprint density at radius 3 is 2.33 bits per heavy atom. The summed E-state index contributed by atoms with van der Waals surface area (Å²) in [4.78, 5) is 22.8. The van der Waals surface area contributed by atoms with Gasteiger partial charge in [-0.25, -0.2) is 4.99 Å². The Labute approximate surface area is 202 Å². The molecule has 1 saturated heterocycles. The van der Waals surface area contributed by atoms with Crippen molar-refractivity contribution in [3.8, 4) is 5.75 Å². The highest BCUT2D eigenvalue weighted by Crippen LogP contribution is 2.37. The second-order valence-electron chi connectivity index (χ2n) is 9.33. The third-order valence-corrected chi connectivity index (χ3v) is 6.56. The molecule has 0 bridgehead atoms. The van der Waals surface area contributed by atoms with Crippen molar-refractivity contribution in [2.24, 2.45) is 10.9 Å². The number of thioether (sulfide) groups is 1. The van der Waals surface area contributed by atoms with Crippen LogP contribution < -0.4 is 9.64 Å². The Morgan fingerprint density at radius 1 is 1.12 bits per heavy atom. The molecule has 1 aliphatic rings. The summed E-state index contributed by atoms with van der Waals surface area (Å²) >= 11 is 1.45. The van der Waals surface area contributed by atoms with E-state index in [0.29, 0.717) is 23.3 Å². The number of ether oxygens (including phenoxy) is 1. The van der Waals surface area contributed by atoms with Gasteiger partial charge in [0.1, 0.15) is 5.75 Å². The van der Waals surface area contributed by atoms with Crippen LogP contribution in [0.2, 0.25) is 0 Å². The molecule has 3 rings (SSSR count). The minimum atomic E-state index is 0.0127. The number of aliphatic imine (C=N–C) groups is 1. The number of carbonyl (C=O) groups excluding carboxylic acids is 1. The van der Waals surface area contributed by atoms with Crippen molar-refractivity contribution in [1.82, 2.24) is 4.90 Å². The molecule has 33 heavy (non-hydrogen) atoms. The number of nitrogens with zero attached hydrogens (tertiary/aromatic N) is 3. The molecule has 176 valence electrons. The summed E-state index contributed by atoms with van der Waals surface area (Å²) in [5.74, 6) is 1.56. The van der Waals surface area contributed by atoms with E-state index in [9.17, 15) is 4.79 Å². The molecule has 2 aromatic carbocycles. The fourth-order valence-corrected chi connectivity index (χ4v) is 4.69. The summed E-state index contributed by atoms with van der Waals surface area (Å²) in [7, 11) is 5.73. The largest absolute Gasteiger partial charge is 0.496 e. The normalized spacial score (nSPS) is 16.5. The number of amidine groups is 1. The van der Waals surface area contributed by atoms with Gasteiger partial charge in [-0.1, -0.05) is 27.7 Å². The number of hydrogen-bond donors (Lipinski definition) is 0. The van der Waals surface area contributed by atoms with E-state index in [2.05, 4.69) is 51.7 Å². The topological polar surface area (TPSA) is 45.1 Å². The van der Waals surface area contributed by atoms with E-state index in [1.165, 1.54) is 11.8 Å². The minimum Gasteiger partial charge on any atom is -0.496 e. The van der Waals surface area contributed by atoms with Crippen molar-refractivity contribution in [1.29, 1.82) is 0 Å². The van der Waals surface area contributed by atoms with Gasteiger partial charge in [-0.05, 0) is 89.7 Å². The zero-order valence-electron chi connectivity index (χ0n) is 21.0. The highest BCUT2D eigenvalue weighted by atomic mass is 32.2. The van der Waals surface area contributed by atoms with Gasteiger partial charge in [0.15, 0.2) is 5.17 Å². The number of amides is 1. The number of methoxy groups -OCH3 is 1. The van der Waals surface area contributed by atoms with E-state index in [1.54, 1.807) is 7.11 Å². The number of rotatable bonds is 7. The summed E-state index contributed by atoms with van der Waals surface area (Å²) in [5, 5.41) is 0.729. The molecule has 0 aliphatic carbocycles. The summed E-state index contributed by atoms with van der Waals surface area (Å²) in [6, 6.07) is 12.3. The van der Waals surface area contributed by atoms with Crippen molar-refractivity contribution >= 4 is 40.3 Å². The first kappa shape index (κ1) is 24.9. The lowest BCUT2D eigenvalue weighted by Crippen LogP contribution is -2.32. The highest BCUT2D eigenvalue weighted by Gasteiger charge is 2.34. The predicted molar refractivity (Wildman–Crippen MR) is 142 cm³/mol. The Bertz CT molecular complexity index is 1070. The summed E-state index contributed by atoms with van der Waals surface area (Å²) in [6.45, 7) is 11.2. The lowest BCUT2D eigenvalue weighted by molar-refractivity contribution is -0.122. The van der Waals surface area contributed by atoms with Crippen molar-refractivity contribution in [2.75, 3.05) is 32.6 Å². The molecule has 0 spiro atoms. The smallest absolute Gasteiger partial charge is 0.266 e. The van der Waals surface area contributed by atoms with Crippen LogP contribution in [-0.4, -0.2) is 43.7 Å². The maximum absolute atomic E-state index is 13.4. The van der Waals surface area contributed by atoms with Gasteiger partial charge in [-0.15, -0.1) is 0 Å². The van der Waals surface area contributed by atoms with Crippen LogP contribution in [0.4, 0.5) is 11.4 Å². The van der Waals surface area contributed by atoms with Gasteiger partial charge in [0.05, 0.1) is 17.7 Å². The second kappa shape index (κ2) is 10.5. The monoisotopic (exact) mass is 465 g/mol. The van der Waals surface area contributed by atoms with Crippen molar-refractivity contribution < 1.29 is 9.53 Å². The van der Waals surface area contributed by atoms with Crippen LogP contribution in [0, 0.1) is 12.8 Å². The third-order valence-electron chi connectivity index (χ3n) is 5.55. The van der Waals surface area contributed by atoms with E-state index in [0.717, 1.165) is 39.0 Å². The van der Waals surface area contributed by atoms with E-state index in [-0.39, 0.29) is 5.91 Å². The van der Waals surface area contributed by atoms with Crippen LogP contribution in [0.15, 0.2) is 46.3 Å². The fourth-order valence-electron chi connectivity index (χ4n) is 3.69. The molecule has 2 aromatic rings. The molecule has 0 radical (unpaired) electrons. The highest BCUT2D eigenvalue weighted by molar-refractivity contribution is 8.18. The van der Waals surface area contributed by atoms with Gasteiger partial charge in [0.2, 0.25) is 0 Å². The zero-order valence-corrected chi connectivity index (χ0v) is 21.8. The number of aryl methyl sites for hydroxylation is 1. The number of hydrogen-bond acceptors (Lipinski definition) is 5. The SMILES string of the molecule is COc1cc(C)c(C=C2SC(=Nc3ccc(N(C)C)cc3)N(CC(C)C)C2=O)cc1C(C)C. The maximum Gasteiger partial charge on any atom is 0.266 e. The molecule has 5 nitrogen and oxygen atoms in total. The summed E-state index contributed by atoms with van der Waals surface area (Å²) in [5.41, 5.74) is 5.21. The summed E-state index contributed by atoms with van der Waals surface area (Å²) in [6.07, 6.45) is 2.00. The Morgan fingerprint density at radius 2 is 1.79 bits per heavy atom. The Kier molecular flexibility index (Phi) is 7.90. The van der Waals surface area contributed by atoms with Crippen molar-refractivity contribution in [3.63, 3.8) is 0 Å². The van der Waals surface area contributed by atoms with Gasteiger partial charge < -0.3 is 9.64 Å². The quantitative estimate of drug-likeness (QED) is 0.441. The molecular formula is C27H35N3O2S. The Balaban J connectivity index is 2.00. The average Bonchev–Trinajstić information content (AvgIpc) is 3.03. The minimum absolute atomic E-state index is 0.0127. The summed E-state index contributed by atoms with van der Waals surface area (Å²) < 4.78 is 5.58. The average molecular weight is 466 g/mol. The number of benzene rings is 2. The maximum atomic E-state index is 13.4. The molecule has 0 unspecified atom stereocenters. The van der Waals surface area contributed by atoms with Gasteiger partial charge in [0, 0.05) is 26.3 Å². The first-order chi connectivity index (χ1) is 15.6. The lowest BCUT2D eigenvalue weighted by atomic mass is 9.96. The standard InChI is InChI=1S/C27H35N3O2S/c1-17(2)16-30-26(31)25(15-20-14-23(18(3)4)24(32-8)13-19(20)5)33-27(30)28-21-9-11-22(12-10-21)29(6)7/h9-15,17-18H,16H2,1-8H3. The first-order valence-corrected chi connectivity index (χ1v) is 12.2. The van der Waals surface area contributed by atoms with E-state index in [1.807, 2.05) is 49.3 Å². The van der Waals surface area contributed by atoms with Crippen LogP contribution in [0.3, 0.4) is 0 Å². The van der Waals surface area contributed by atoms with Crippen LogP contribution >= 0.6 is 11.8 Å². The molecule has 6 heteroatoms. The van der Waals surface area contributed by atoms with E-state index in [4.69, 9.17) is 9.73 Å². The van der Waals surface area contributed by atoms with Crippen LogP contribution in [0.5, 0.6) is 5.75 Å². The fraction of sp³-hybridized carbons (Fsp3) is 0.407. The van der Waals surface area contributed by atoms with Crippen LogP contribution in [0.1, 0.15) is 50.3 Å². The lowest BCUT2D eigenvalue weighted by Gasteiger charge is -2.18. The molecule has 1 amide bonds. The molecule has 0 N–H and O–H groups in total. The van der Waals surface area contributed by atoms with Gasteiger partial charge in [0.25, 0.3) is 5.91 Å². The number of anilines is 1. The molecule has 0 atom stereocenters. The van der Waals surface area contributed by atoms with Gasteiger partial charge >= 0.3 is 0 Å². The van der Waals surface area contributed by atoms with Crippen molar-refractivity contribution in [2.45, 2.75) is 40.5 Å². The second-order valence-corrected chi connectivity index (χ2v) is 10.3. The van der Waals surface area contributed by atoms with Gasteiger partial charge in [-0.2, -0.15) is 0 Å². The predicted octanol–water partition coefficient (Wildman–Crippen LogP) is 6.45. The van der Waals surface area contributed by atoms with Crippen LogP contribution in [0.25, 0.3) is 6.08 Å². The molecule has 0 aromatic heterocycles. The molecule has 1 fully saturated rings. The van der Waals surface area contributed by atoms with E-state index < -0.39 is 0 Å². The molecule has 1 heterocycles. The molecule has 0 saturated carbocycles. The first-order valence-electron chi connectivity index (χ1n) is 11.4.